The molecule has 1 aromatic carbocycles. The zero-order chi connectivity index (χ0) is 15.6. The fourth-order valence-corrected chi connectivity index (χ4v) is 2.20. The summed E-state index contributed by atoms with van der Waals surface area (Å²) in [6, 6.07) is 4.43. The lowest BCUT2D eigenvalue weighted by Crippen LogP contribution is -2.18. The Bertz CT molecular complexity index is 640. The number of anilines is 1. The summed E-state index contributed by atoms with van der Waals surface area (Å²) in [5, 5.41) is 7.11. The van der Waals surface area contributed by atoms with Gasteiger partial charge in [-0.15, -0.1) is 13.2 Å². The van der Waals surface area contributed by atoms with E-state index in [0.717, 1.165) is 11.3 Å². The maximum Gasteiger partial charge on any atom is 0.573 e. The number of nitrogens with zero attached hydrogens (tertiary/aromatic N) is 2. The molecule has 0 saturated heterocycles. The molecule has 114 valence electrons. The average Bonchev–Trinajstić information content (AvgIpc) is 2.65. The Labute approximate surface area is 128 Å². The van der Waals surface area contributed by atoms with Gasteiger partial charge in [0, 0.05) is 29.8 Å². The smallest absolute Gasteiger partial charge is 0.404 e. The van der Waals surface area contributed by atoms with Crippen LogP contribution in [-0.2, 0) is 13.6 Å². The summed E-state index contributed by atoms with van der Waals surface area (Å²) in [6.45, 7) is 2.20. The number of nitrogens with one attached hydrogen (secondary N) is 1. The summed E-state index contributed by atoms with van der Waals surface area (Å²) in [7, 11) is 1.79. The fraction of sp³-hybridized carbons (Fsp3) is 0.308. The van der Waals surface area contributed by atoms with E-state index in [2.05, 4.69) is 31.1 Å². The molecule has 1 N–H and O–H groups in total. The molecule has 2 aromatic rings. The van der Waals surface area contributed by atoms with Gasteiger partial charge in [-0.05, 0) is 25.1 Å². The van der Waals surface area contributed by atoms with E-state index in [0.29, 0.717) is 11.0 Å². The van der Waals surface area contributed by atoms with Crippen molar-refractivity contribution < 1.29 is 17.9 Å². The molecule has 0 fully saturated rings. The zero-order valence-corrected chi connectivity index (χ0v) is 12.9. The third-order valence-corrected chi connectivity index (χ3v) is 3.25. The van der Waals surface area contributed by atoms with E-state index < -0.39 is 6.36 Å². The van der Waals surface area contributed by atoms with Gasteiger partial charge in [-0.1, -0.05) is 15.9 Å². The molecule has 8 heteroatoms. The molecule has 0 aliphatic rings. The molecule has 0 radical (unpaired) electrons. The summed E-state index contributed by atoms with van der Waals surface area (Å²) < 4.78 is 43.4. The predicted molar refractivity (Wildman–Crippen MR) is 76.1 cm³/mol. The van der Waals surface area contributed by atoms with Crippen molar-refractivity contribution in [1.29, 1.82) is 0 Å². The Morgan fingerprint density at radius 3 is 2.67 bits per heavy atom. The second kappa shape index (κ2) is 5.97. The molecule has 4 nitrogen and oxygen atoms in total. The van der Waals surface area contributed by atoms with Crippen LogP contribution in [0.4, 0.5) is 18.9 Å². The molecular formula is C13H13BrF3N3O. The number of hydrogen-bond acceptors (Lipinski definition) is 3. The minimum Gasteiger partial charge on any atom is -0.404 e. The highest BCUT2D eigenvalue weighted by atomic mass is 79.9. The van der Waals surface area contributed by atoms with Gasteiger partial charge in [0.1, 0.15) is 0 Å². The molecule has 0 amide bonds. The van der Waals surface area contributed by atoms with Crippen molar-refractivity contribution in [3.8, 4) is 5.75 Å². The number of aromatic nitrogens is 2. The van der Waals surface area contributed by atoms with Crippen molar-refractivity contribution >= 4 is 21.6 Å². The molecule has 0 atom stereocenters. The monoisotopic (exact) mass is 363 g/mol. The first-order valence-corrected chi connectivity index (χ1v) is 6.82. The Balaban J connectivity index is 2.17. The van der Waals surface area contributed by atoms with E-state index in [1.165, 1.54) is 12.1 Å². The van der Waals surface area contributed by atoms with Crippen molar-refractivity contribution in [3.63, 3.8) is 0 Å². The highest BCUT2D eigenvalue weighted by Crippen LogP contribution is 2.33. The Hall–Kier alpha value is -1.70. The molecule has 0 aliphatic carbocycles. The molecule has 2 rings (SSSR count). The van der Waals surface area contributed by atoms with Crippen molar-refractivity contribution in [1.82, 2.24) is 9.78 Å². The molecule has 0 spiro atoms. The topological polar surface area (TPSA) is 39.1 Å². The van der Waals surface area contributed by atoms with Gasteiger partial charge >= 0.3 is 6.36 Å². The Morgan fingerprint density at radius 1 is 1.38 bits per heavy atom. The lowest BCUT2D eigenvalue weighted by atomic mass is 10.2. The number of ether oxygens (including phenoxy) is 1. The summed E-state index contributed by atoms with van der Waals surface area (Å²) >= 11 is 3.13. The Kier molecular flexibility index (Phi) is 4.46. The number of aryl methyl sites for hydroxylation is 2. The largest absolute Gasteiger partial charge is 0.573 e. The van der Waals surface area contributed by atoms with Crippen molar-refractivity contribution in [2.24, 2.45) is 7.05 Å². The average molecular weight is 364 g/mol. The maximum atomic E-state index is 12.4. The number of halogens is 4. The first kappa shape index (κ1) is 15.7. The van der Waals surface area contributed by atoms with Crippen LogP contribution >= 0.6 is 15.9 Å². The summed E-state index contributed by atoms with van der Waals surface area (Å²) in [4.78, 5) is 0. The van der Waals surface area contributed by atoms with E-state index in [-0.39, 0.29) is 11.4 Å². The molecule has 0 aliphatic heterocycles. The highest BCUT2D eigenvalue weighted by Gasteiger charge is 2.32. The predicted octanol–water partition coefficient (Wildman–Crippen LogP) is 4.00. The van der Waals surface area contributed by atoms with E-state index in [1.807, 2.05) is 13.1 Å². The molecule has 1 aromatic heterocycles. The summed E-state index contributed by atoms with van der Waals surface area (Å²) in [6.07, 6.45) is -2.92. The van der Waals surface area contributed by atoms with Gasteiger partial charge in [-0.25, -0.2) is 0 Å². The zero-order valence-electron chi connectivity index (χ0n) is 11.3. The lowest BCUT2D eigenvalue weighted by molar-refractivity contribution is -0.274. The minimum absolute atomic E-state index is 0.263. The number of alkyl halides is 3. The summed E-state index contributed by atoms with van der Waals surface area (Å²) in [5.41, 5.74) is 1.98. The van der Waals surface area contributed by atoms with Gasteiger partial charge in [-0.3, -0.25) is 4.68 Å². The highest BCUT2D eigenvalue weighted by molar-refractivity contribution is 9.10. The SMILES string of the molecule is Cc1nn(C)cc1CNc1ccc(Br)cc1OC(F)(F)F. The van der Waals surface area contributed by atoms with E-state index in [1.54, 1.807) is 17.8 Å². The first-order chi connectivity index (χ1) is 9.74. The fourth-order valence-electron chi connectivity index (χ4n) is 1.86. The quantitative estimate of drug-likeness (QED) is 0.892. The van der Waals surface area contributed by atoms with Crippen LogP contribution < -0.4 is 10.1 Å². The van der Waals surface area contributed by atoms with Gasteiger partial charge in [0.25, 0.3) is 0 Å². The standard InChI is InChI=1S/C13H13BrF3N3O/c1-8-9(7-20(2)19-8)6-18-11-4-3-10(14)5-12(11)21-13(15,16)17/h3-5,7,18H,6H2,1-2H3. The van der Waals surface area contributed by atoms with Crippen LogP contribution in [0.5, 0.6) is 5.75 Å². The van der Waals surface area contributed by atoms with Crippen LogP contribution in [0.3, 0.4) is 0 Å². The normalized spacial score (nSPS) is 11.5. The maximum absolute atomic E-state index is 12.4. The van der Waals surface area contributed by atoms with Gasteiger partial charge in [0.05, 0.1) is 11.4 Å². The minimum atomic E-state index is -4.73. The third kappa shape index (κ3) is 4.38. The second-order valence-electron chi connectivity index (χ2n) is 4.46. The third-order valence-electron chi connectivity index (χ3n) is 2.75. The van der Waals surface area contributed by atoms with Crippen LogP contribution in [0.2, 0.25) is 0 Å². The van der Waals surface area contributed by atoms with Crippen LogP contribution in [0.25, 0.3) is 0 Å². The Morgan fingerprint density at radius 2 is 2.10 bits per heavy atom. The van der Waals surface area contributed by atoms with Gasteiger partial charge in [0.15, 0.2) is 5.75 Å². The number of rotatable bonds is 4. The van der Waals surface area contributed by atoms with Crippen LogP contribution in [0.15, 0.2) is 28.9 Å². The molecule has 0 saturated carbocycles. The van der Waals surface area contributed by atoms with Crippen LogP contribution in [0.1, 0.15) is 11.3 Å². The van der Waals surface area contributed by atoms with Gasteiger partial charge < -0.3 is 10.1 Å². The van der Waals surface area contributed by atoms with Crippen LogP contribution in [-0.4, -0.2) is 16.1 Å². The van der Waals surface area contributed by atoms with E-state index in [9.17, 15) is 13.2 Å². The number of hydrogen-bond donors (Lipinski definition) is 1. The van der Waals surface area contributed by atoms with Gasteiger partial charge in [0.2, 0.25) is 0 Å². The number of benzene rings is 1. The second-order valence-corrected chi connectivity index (χ2v) is 5.37. The molecule has 21 heavy (non-hydrogen) atoms. The van der Waals surface area contributed by atoms with E-state index in [4.69, 9.17) is 0 Å². The van der Waals surface area contributed by atoms with Crippen molar-refractivity contribution in [3.05, 3.63) is 40.1 Å². The van der Waals surface area contributed by atoms with Crippen molar-refractivity contribution in [2.45, 2.75) is 19.8 Å². The van der Waals surface area contributed by atoms with E-state index >= 15 is 0 Å². The van der Waals surface area contributed by atoms with Crippen LogP contribution in [0, 0.1) is 6.92 Å². The molecule has 1 heterocycles. The lowest BCUT2D eigenvalue weighted by Gasteiger charge is -2.15. The van der Waals surface area contributed by atoms with Crippen molar-refractivity contribution in [2.75, 3.05) is 5.32 Å². The molecule has 0 unspecified atom stereocenters. The molecule has 0 bridgehead atoms. The summed E-state index contributed by atoms with van der Waals surface area (Å²) in [5.74, 6) is -0.279. The van der Waals surface area contributed by atoms with Gasteiger partial charge in [-0.2, -0.15) is 5.10 Å². The molecular weight excluding hydrogens is 351 g/mol. The first-order valence-electron chi connectivity index (χ1n) is 6.03.